The van der Waals surface area contributed by atoms with Crippen LogP contribution in [0.2, 0.25) is 0 Å². The maximum absolute atomic E-state index is 11.6. The quantitative estimate of drug-likeness (QED) is 0.832. The van der Waals surface area contributed by atoms with Gasteiger partial charge in [0.2, 0.25) is 0 Å². The van der Waals surface area contributed by atoms with Gasteiger partial charge in [-0.15, -0.1) is 0 Å². The van der Waals surface area contributed by atoms with Gasteiger partial charge in [0.05, 0.1) is 17.0 Å². The molecule has 2 aliphatic heterocycles. The van der Waals surface area contributed by atoms with Gasteiger partial charge in [-0.2, -0.15) is 0 Å². The standard InChI is InChI=1S/C18H23N3O2S/c22-24(23)13-11-20(12-14-24)15-6-9-21(10-7-15)18-5-8-19-17-4-2-1-3-16(17)18/h1-5,8,15H,6-7,9-14H2. The van der Waals surface area contributed by atoms with Crippen molar-refractivity contribution < 1.29 is 8.42 Å². The first-order valence-electron chi connectivity index (χ1n) is 8.66. The molecule has 2 aromatic rings. The molecule has 0 radical (unpaired) electrons. The second-order valence-electron chi connectivity index (χ2n) is 6.75. The Morgan fingerprint density at radius 3 is 2.42 bits per heavy atom. The van der Waals surface area contributed by atoms with Gasteiger partial charge in [0.1, 0.15) is 0 Å². The maximum atomic E-state index is 11.6. The fourth-order valence-electron chi connectivity index (χ4n) is 3.92. The number of benzene rings is 1. The third-order valence-corrected chi connectivity index (χ3v) is 6.94. The van der Waals surface area contributed by atoms with Crippen molar-refractivity contribution in [3.63, 3.8) is 0 Å². The fourth-order valence-corrected chi connectivity index (χ4v) is 5.15. The summed E-state index contributed by atoms with van der Waals surface area (Å²) < 4.78 is 23.2. The molecule has 128 valence electrons. The van der Waals surface area contributed by atoms with Crippen LogP contribution in [0.25, 0.3) is 10.9 Å². The number of rotatable bonds is 2. The number of para-hydroxylation sites is 1. The number of sulfone groups is 1. The summed E-state index contributed by atoms with van der Waals surface area (Å²) in [5.74, 6) is 0.643. The third kappa shape index (κ3) is 3.13. The van der Waals surface area contributed by atoms with E-state index >= 15 is 0 Å². The highest BCUT2D eigenvalue weighted by atomic mass is 32.2. The zero-order valence-corrected chi connectivity index (χ0v) is 14.6. The molecular formula is C18H23N3O2S. The number of pyridine rings is 1. The lowest BCUT2D eigenvalue weighted by Crippen LogP contribution is -2.50. The van der Waals surface area contributed by atoms with Gasteiger partial charge >= 0.3 is 0 Å². The Bertz CT molecular complexity index is 810. The van der Waals surface area contributed by atoms with Crippen molar-refractivity contribution in [2.75, 3.05) is 42.6 Å². The molecule has 24 heavy (non-hydrogen) atoms. The monoisotopic (exact) mass is 345 g/mol. The van der Waals surface area contributed by atoms with Crippen molar-refractivity contribution in [3.05, 3.63) is 36.5 Å². The van der Waals surface area contributed by atoms with E-state index in [0.29, 0.717) is 30.6 Å². The second-order valence-corrected chi connectivity index (χ2v) is 9.06. The molecule has 0 atom stereocenters. The molecule has 0 spiro atoms. The predicted octanol–water partition coefficient (Wildman–Crippen LogP) is 1.93. The van der Waals surface area contributed by atoms with Gasteiger partial charge in [-0.1, -0.05) is 18.2 Å². The minimum absolute atomic E-state index is 0.322. The molecule has 4 rings (SSSR count). The molecule has 0 bridgehead atoms. The molecule has 2 aliphatic rings. The normalized spacial score (nSPS) is 22.8. The number of hydrogen-bond donors (Lipinski definition) is 0. The van der Waals surface area contributed by atoms with Crippen LogP contribution in [0.3, 0.4) is 0 Å². The molecule has 3 heterocycles. The molecule has 0 aliphatic carbocycles. The maximum Gasteiger partial charge on any atom is 0.152 e. The minimum atomic E-state index is -2.79. The average Bonchev–Trinajstić information content (AvgIpc) is 2.61. The number of anilines is 1. The van der Waals surface area contributed by atoms with Crippen molar-refractivity contribution in [1.82, 2.24) is 9.88 Å². The van der Waals surface area contributed by atoms with Gasteiger partial charge in [0, 0.05) is 49.5 Å². The second kappa shape index (κ2) is 6.33. The highest BCUT2D eigenvalue weighted by molar-refractivity contribution is 7.91. The van der Waals surface area contributed by atoms with Crippen molar-refractivity contribution in [2.24, 2.45) is 0 Å². The fraction of sp³-hybridized carbons (Fsp3) is 0.500. The lowest BCUT2D eigenvalue weighted by atomic mass is 10.0. The smallest absolute Gasteiger partial charge is 0.152 e. The highest BCUT2D eigenvalue weighted by Gasteiger charge is 2.29. The molecule has 1 aromatic carbocycles. The first-order chi connectivity index (χ1) is 11.6. The Labute approximate surface area is 143 Å². The van der Waals surface area contributed by atoms with Crippen LogP contribution in [0, 0.1) is 0 Å². The van der Waals surface area contributed by atoms with Gasteiger partial charge in [-0.3, -0.25) is 9.88 Å². The number of aromatic nitrogens is 1. The lowest BCUT2D eigenvalue weighted by molar-refractivity contribution is 0.182. The topological polar surface area (TPSA) is 53.5 Å². The van der Waals surface area contributed by atoms with Crippen LogP contribution in [0.4, 0.5) is 5.69 Å². The molecule has 0 N–H and O–H groups in total. The molecule has 1 aromatic heterocycles. The van der Waals surface area contributed by atoms with Crippen molar-refractivity contribution in [1.29, 1.82) is 0 Å². The molecule has 0 amide bonds. The number of piperidine rings is 1. The first kappa shape index (κ1) is 15.8. The summed E-state index contributed by atoms with van der Waals surface area (Å²) >= 11 is 0. The summed E-state index contributed by atoms with van der Waals surface area (Å²) in [6.45, 7) is 3.43. The van der Waals surface area contributed by atoms with E-state index in [4.69, 9.17) is 0 Å². The van der Waals surface area contributed by atoms with Crippen LogP contribution >= 0.6 is 0 Å². The van der Waals surface area contributed by atoms with Crippen molar-refractivity contribution >= 4 is 26.4 Å². The van der Waals surface area contributed by atoms with E-state index in [1.807, 2.05) is 12.3 Å². The Balaban J connectivity index is 1.44. The molecule has 5 nitrogen and oxygen atoms in total. The summed E-state index contributed by atoms with van der Waals surface area (Å²) in [5.41, 5.74) is 2.30. The number of hydrogen-bond acceptors (Lipinski definition) is 5. The van der Waals surface area contributed by atoms with Gasteiger partial charge in [-0.05, 0) is 25.0 Å². The van der Waals surface area contributed by atoms with E-state index in [1.54, 1.807) is 0 Å². The zero-order chi connectivity index (χ0) is 16.6. The van der Waals surface area contributed by atoms with E-state index in [1.165, 1.54) is 11.1 Å². The van der Waals surface area contributed by atoms with Crippen LogP contribution in [-0.2, 0) is 9.84 Å². The Morgan fingerprint density at radius 2 is 1.67 bits per heavy atom. The number of nitrogens with zero attached hydrogens (tertiary/aromatic N) is 3. The van der Waals surface area contributed by atoms with E-state index in [9.17, 15) is 8.42 Å². The van der Waals surface area contributed by atoms with E-state index in [-0.39, 0.29) is 0 Å². The lowest BCUT2D eigenvalue weighted by Gasteiger charge is -2.41. The first-order valence-corrected chi connectivity index (χ1v) is 10.5. The van der Waals surface area contributed by atoms with Gasteiger partial charge in [0.25, 0.3) is 0 Å². The Kier molecular flexibility index (Phi) is 4.18. The van der Waals surface area contributed by atoms with Gasteiger partial charge < -0.3 is 4.90 Å². The molecule has 2 fully saturated rings. The summed E-state index contributed by atoms with van der Waals surface area (Å²) in [6, 6.07) is 10.9. The Morgan fingerprint density at radius 1 is 0.958 bits per heavy atom. The molecule has 0 saturated carbocycles. The minimum Gasteiger partial charge on any atom is -0.371 e. The molecular weight excluding hydrogens is 322 g/mol. The van der Waals surface area contributed by atoms with Crippen LogP contribution in [0.5, 0.6) is 0 Å². The third-order valence-electron chi connectivity index (χ3n) is 5.33. The van der Waals surface area contributed by atoms with Gasteiger partial charge in [0.15, 0.2) is 9.84 Å². The van der Waals surface area contributed by atoms with Crippen molar-refractivity contribution in [2.45, 2.75) is 18.9 Å². The summed E-state index contributed by atoms with van der Waals surface area (Å²) in [7, 11) is -2.79. The zero-order valence-electron chi connectivity index (χ0n) is 13.8. The van der Waals surface area contributed by atoms with Crippen LogP contribution in [-0.4, -0.2) is 62.0 Å². The van der Waals surface area contributed by atoms with Crippen LogP contribution in [0.1, 0.15) is 12.8 Å². The van der Waals surface area contributed by atoms with Crippen molar-refractivity contribution in [3.8, 4) is 0 Å². The van der Waals surface area contributed by atoms with Gasteiger partial charge in [-0.25, -0.2) is 8.42 Å². The molecule has 2 saturated heterocycles. The van der Waals surface area contributed by atoms with Crippen LogP contribution in [0.15, 0.2) is 36.5 Å². The predicted molar refractivity (Wildman–Crippen MR) is 97.2 cm³/mol. The van der Waals surface area contributed by atoms with E-state index in [2.05, 4.69) is 39.0 Å². The van der Waals surface area contributed by atoms with E-state index in [0.717, 1.165) is 31.4 Å². The average molecular weight is 345 g/mol. The number of fused-ring (bicyclic) bond motifs is 1. The Hall–Kier alpha value is -1.66. The SMILES string of the molecule is O=S1(=O)CCN(C2CCN(c3ccnc4ccccc34)CC2)CC1. The molecule has 0 unspecified atom stereocenters. The summed E-state index contributed by atoms with van der Waals surface area (Å²) in [6.07, 6.45) is 4.08. The van der Waals surface area contributed by atoms with Crippen LogP contribution < -0.4 is 4.90 Å². The summed E-state index contributed by atoms with van der Waals surface area (Å²) in [5, 5.41) is 1.21. The van der Waals surface area contributed by atoms with E-state index < -0.39 is 9.84 Å². The molecule has 6 heteroatoms. The highest BCUT2D eigenvalue weighted by Crippen LogP contribution is 2.29. The summed E-state index contributed by atoms with van der Waals surface area (Å²) in [4.78, 5) is 9.27. The largest absolute Gasteiger partial charge is 0.371 e.